The third kappa shape index (κ3) is 4.07. The van der Waals surface area contributed by atoms with E-state index in [2.05, 4.69) is 10.1 Å². The number of anilines is 1. The van der Waals surface area contributed by atoms with Gasteiger partial charge in [0.15, 0.2) is 5.76 Å². The number of rotatable bonds is 6. The summed E-state index contributed by atoms with van der Waals surface area (Å²) < 4.78 is 10.7. The van der Waals surface area contributed by atoms with Gasteiger partial charge in [-0.3, -0.25) is 9.78 Å². The van der Waals surface area contributed by atoms with Gasteiger partial charge in [-0.1, -0.05) is 29.4 Å². The minimum atomic E-state index is -0.181. The lowest BCUT2D eigenvalue weighted by Gasteiger charge is -2.20. The Balaban J connectivity index is 1.57. The van der Waals surface area contributed by atoms with Crippen LogP contribution in [0, 0.1) is 0 Å². The molecule has 0 N–H and O–H groups in total. The van der Waals surface area contributed by atoms with Crippen LogP contribution >= 0.6 is 0 Å². The Morgan fingerprint density at radius 2 is 1.86 bits per heavy atom. The summed E-state index contributed by atoms with van der Waals surface area (Å²) in [5.74, 6) is 0.926. The number of pyridine rings is 1. The lowest BCUT2D eigenvalue weighted by Crippen LogP contribution is -2.28. The summed E-state index contributed by atoms with van der Waals surface area (Å²) in [7, 11) is 0. The average molecular weight is 371 g/mol. The molecule has 1 aromatic carbocycles. The Kier molecular flexibility index (Phi) is 5.11. The molecule has 6 nitrogen and oxygen atoms in total. The second-order valence-electron chi connectivity index (χ2n) is 6.01. The number of carbonyl (C=O) groups is 1. The van der Waals surface area contributed by atoms with E-state index in [1.165, 1.54) is 6.08 Å². The molecular weight excluding hydrogens is 354 g/mol. The summed E-state index contributed by atoms with van der Waals surface area (Å²) in [6.45, 7) is 0.264. The lowest BCUT2D eigenvalue weighted by atomic mass is 10.2. The molecule has 0 aliphatic rings. The fraction of sp³-hybridized carbons (Fsp3) is 0.0455. The van der Waals surface area contributed by atoms with Gasteiger partial charge < -0.3 is 13.8 Å². The van der Waals surface area contributed by atoms with Gasteiger partial charge in [-0.05, 0) is 42.5 Å². The SMILES string of the molecule is O=C(/C=C/c1ccccn1)N(Cc1cc(-c2ccco2)on1)c1ccccc1. The number of benzene rings is 1. The summed E-state index contributed by atoms with van der Waals surface area (Å²) >= 11 is 0. The third-order valence-corrected chi connectivity index (χ3v) is 4.06. The second kappa shape index (κ2) is 8.18. The number of nitrogens with zero attached hydrogens (tertiary/aromatic N) is 3. The number of hydrogen-bond donors (Lipinski definition) is 0. The van der Waals surface area contributed by atoms with Crippen LogP contribution in [0.25, 0.3) is 17.6 Å². The Morgan fingerprint density at radius 1 is 1.00 bits per heavy atom. The number of carbonyl (C=O) groups excluding carboxylic acids is 1. The molecule has 0 aliphatic heterocycles. The highest BCUT2D eigenvalue weighted by atomic mass is 16.5. The van der Waals surface area contributed by atoms with Gasteiger partial charge in [0.2, 0.25) is 5.76 Å². The number of para-hydroxylation sites is 1. The predicted molar refractivity (Wildman–Crippen MR) is 105 cm³/mol. The van der Waals surface area contributed by atoms with Gasteiger partial charge in [0.05, 0.1) is 18.5 Å². The maximum absolute atomic E-state index is 12.9. The quantitative estimate of drug-likeness (QED) is 0.464. The van der Waals surface area contributed by atoms with E-state index in [9.17, 15) is 4.79 Å². The van der Waals surface area contributed by atoms with Crippen molar-refractivity contribution in [2.45, 2.75) is 6.54 Å². The Morgan fingerprint density at radius 3 is 2.61 bits per heavy atom. The van der Waals surface area contributed by atoms with E-state index in [4.69, 9.17) is 8.94 Å². The van der Waals surface area contributed by atoms with E-state index in [1.807, 2.05) is 48.5 Å². The monoisotopic (exact) mass is 371 g/mol. The first-order chi connectivity index (χ1) is 13.8. The first kappa shape index (κ1) is 17.5. The number of aromatic nitrogens is 2. The van der Waals surface area contributed by atoms with Crippen molar-refractivity contribution in [1.29, 1.82) is 0 Å². The topological polar surface area (TPSA) is 72.4 Å². The van der Waals surface area contributed by atoms with Crippen molar-refractivity contribution in [3.05, 3.63) is 96.7 Å². The second-order valence-corrected chi connectivity index (χ2v) is 6.01. The first-order valence-corrected chi connectivity index (χ1v) is 8.75. The lowest BCUT2D eigenvalue weighted by molar-refractivity contribution is -0.114. The molecule has 0 spiro atoms. The molecule has 0 unspecified atom stereocenters. The normalized spacial score (nSPS) is 11.0. The van der Waals surface area contributed by atoms with Gasteiger partial charge in [-0.2, -0.15) is 0 Å². The molecule has 3 heterocycles. The standard InChI is InChI=1S/C22H17N3O3/c26-22(12-11-17-7-4-5-13-23-17)25(19-8-2-1-3-9-19)16-18-15-21(28-24-18)20-10-6-14-27-20/h1-15H,16H2/b12-11+. The van der Waals surface area contributed by atoms with Crippen LogP contribution in [-0.2, 0) is 11.3 Å². The molecule has 0 saturated carbocycles. The summed E-state index contributed by atoms with van der Waals surface area (Å²) in [6, 6.07) is 20.3. The summed E-state index contributed by atoms with van der Waals surface area (Å²) in [5.41, 5.74) is 2.10. The van der Waals surface area contributed by atoms with Crippen molar-refractivity contribution in [3.63, 3.8) is 0 Å². The maximum Gasteiger partial charge on any atom is 0.251 e. The minimum absolute atomic E-state index is 0.181. The largest absolute Gasteiger partial charge is 0.461 e. The van der Waals surface area contributed by atoms with Crippen molar-refractivity contribution in [2.75, 3.05) is 4.90 Å². The molecule has 3 aromatic heterocycles. The molecule has 138 valence electrons. The molecule has 0 aliphatic carbocycles. The first-order valence-electron chi connectivity index (χ1n) is 8.75. The van der Waals surface area contributed by atoms with E-state index >= 15 is 0 Å². The third-order valence-electron chi connectivity index (χ3n) is 4.06. The Hall–Kier alpha value is -3.93. The molecule has 28 heavy (non-hydrogen) atoms. The molecule has 4 aromatic rings. The molecule has 0 radical (unpaired) electrons. The van der Waals surface area contributed by atoms with Gasteiger partial charge in [-0.15, -0.1) is 0 Å². The van der Waals surface area contributed by atoms with E-state index in [0.29, 0.717) is 22.9 Å². The molecule has 6 heteroatoms. The van der Waals surface area contributed by atoms with Crippen molar-refractivity contribution < 1.29 is 13.7 Å². The molecule has 0 bridgehead atoms. The molecular formula is C22H17N3O3. The fourth-order valence-corrected chi connectivity index (χ4v) is 2.71. The van der Waals surface area contributed by atoms with Crippen molar-refractivity contribution in [1.82, 2.24) is 10.1 Å². The maximum atomic E-state index is 12.9. The van der Waals surface area contributed by atoms with Crippen LogP contribution in [0.3, 0.4) is 0 Å². The van der Waals surface area contributed by atoms with Crippen LogP contribution in [0.5, 0.6) is 0 Å². The fourth-order valence-electron chi connectivity index (χ4n) is 2.71. The highest BCUT2D eigenvalue weighted by Gasteiger charge is 2.17. The van der Waals surface area contributed by atoms with Crippen LogP contribution < -0.4 is 4.90 Å². The predicted octanol–water partition coefficient (Wildman–Crippen LogP) is 4.58. The molecule has 4 rings (SSSR count). The molecule has 0 fully saturated rings. The zero-order valence-electron chi connectivity index (χ0n) is 14.9. The van der Waals surface area contributed by atoms with Crippen LogP contribution in [0.4, 0.5) is 5.69 Å². The van der Waals surface area contributed by atoms with Crippen LogP contribution in [0.1, 0.15) is 11.4 Å². The molecule has 0 saturated heterocycles. The van der Waals surface area contributed by atoms with Gasteiger partial charge >= 0.3 is 0 Å². The molecule has 1 amide bonds. The van der Waals surface area contributed by atoms with Gasteiger partial charge in [0.25, 0.3) is 5.91 Å². The van der Waals surface area contributed by atoms with E-state index in [-0.39, 0.29) is 12.5 Å². The minimum Gasteiger partial charge on any atom is -0.461 e. The average Bonchev–Trinajstić information content (AvgIpc) is 3.43. The number of furan rings is 1. The van der Waals surface area contributed by atoms with Crippen LogP contribution in [0.2, 0.25) is 0 Å². The number of amides is 1. The van der Waals surface area contributed by atoms with Gasteiger partial charge in [0.1, 0.15) is 5.69 Å². The Bertz CT molecular complexity index is 1050. The van der Waals surface area contributed by atoms with E-state index < -0.39 is 0 Å². The highest BCUT2D eigenvalue weighted by Crippen LogP contribution is 2.23. The van der Waals surface area contributed by atoms with E-state index in [1.54, 1.807) is 41.6 Å². The summed E-state index contributed by atoms with van der Waals surface area (Å²) in [6.07, 6.45) is 6.45. The van der Waals surface area contributed by atoms with Crippen LogP contribution in [0.15, 0.2) is 94.2 Å². The zero-order valence-corrected chi connectivity index (χ0v) is 14.9. The highest BCUT2D eigenvalue weighted by molar-refractivity contribution is 6.03. The van der Waals surface area contributed by atoms with Gasteiger partial charge in [-0.25, -0.2) is 0 Å². The van der Waals surface area contributed by atoms with Crippen molar-refractivity contribution in [2.24, 2.45) is 0 Å². The van der Waals surface area contributed by atoms with Crippen molar-refractivity contribution in [3.8, 4) is 11.5 Å². The van der Waals surface area contributed by atoms with Crippen molar-refractivity contribution >= 4 is 17.7 Å². The molecule has 0 atom stereocenters. The summed E-state index contributed by atoms with van der Waals surface area (Å²) in [5, 5.41) is 4.07. The van der Waals surface area contributed by atoms with Crippen LogP contribution in [-0.4, -0.2) is 16.0 Å². The number of hydrogen-bond acceptors (Lipinski definition) is 5. The van der Waals surface area contributed by atoms with E-state index in [0.717, 1.165) is 5.69 Å². The van der Waals surface area contributed by atoms with Gasteiger partial charge in [0, 0.05) is 24.0 Å². The summed E-state index contributed by atoms with van der Waals surface area (Å²) in [4.78, 5) is 18.7. The zero-order chi connectivity index (χ0) is 19.2. The Labute approximate surface area is 161 Å². The smallest absolute Gasteiger partial charge is 0.251 e.